The van der Waals surface area contributed by atoms with Crippen LogP contribution in [0, 0.1) is 5.92 Å². The van der Waals surface area contributed by atoms with Gasteiger partial charge in [-0.2, -0.15) is 0 Å². The van der Waals surface area contributed by atoms with Crippen molar-refractivity contribution in [3.63, 3.8) is 0 Å². The molecule has 0 radical (unpaired) electrons. The number of unbranched alkanes of at least 4 members (excludes halogenated alkanes) is 1. The van der Waals surface area contributed by atoms with Gasteiger partial charge in [-0.3, -0.25) is 14.4 Å². The van der Waals surface area contributed by atoms with Crippen LogP contribution in [0.15, 0.2) is 55.6 Å². The Labute approximate surface area is 209 Å². The summed E-state index contributed by atoms with van der Waals surface area (Å²) in [6.45, 7) is 7.34. The van der Waals surface area contributed by atoms with Gasteiger partial charge in [0, 0.05) is 12.8 Å². The average molecular weight is 485 g/mol. The van der Waals surface area contributed by atoms with E-state index in [0.717, 1.165) is 37.7 Å². The Morgan fingerprint density at radius 1 is 1.11 bits per heavy atom. The van der Waals surface area contributed by atoms with E-state index >= 15 is 0 Å². The molecule has 0 bridgehead atoms. The smallest absolute Gasteiger partial charge is 0.305 e. The Morgan fingerprint density at radius 3 is 2.46 bits per heavy atom. The Balaban J connectivity index is 1.93. The fourth-order valence-electron chi connectivity index (χ4n) is 4.46. The summed E-state index contributed by atoms with van der Waals surface area (Å²) in [7, 11) is 0. The molecule has 2 atom stereocenters. The number of allylic oxidation sites excluding steroid dienone is 2. The van der Waals surface area contributed by atoms with Crippen molar-refractivity contribution in [3.8, 4) is 0 Å². The molecule has 0 aliphatic heterocycles. The van der Waals surface area contributed by atoms with Crippen LogP contribution in [0.5, 0.6) is 0 Å². The predicted octanol–water partition coefficient (Wildman–Crippen LogP) is 3.62. The van der Waals surface area contributed by atoms with Gasteiger partial charge >= 0.3 is 5.97 Å². The van der Waals surface area contributed by atoms with E-state index in [1.165, 1.54) is 0 Å². The summed E-state index contributed by atoms with van der Waals surface area (Å²) in [6.07, 6.45) is 9.36. The highest BCUT2D eigenvalue weighted by atomic mass is 16.5. The van der Waals surface area contributed by atoms with E-state index in [2.05, 4.69) is 23.8 Å². The topological polar surface area (TPSA) is 105 Å². The van der Waals surface area contributed by atoms with Crippen molar-refractivity contribution >= 4 is 17.8 Å². The first-order valence-electron chi connectivity index (χ1n) is 12.5. The van der Waals surface area contributed by atoms with Gasteiger partial charge in [0.25, 0.3) is 0 Å². The number of esters is 1. The molecular weight excluding hydrogens is 444 g/mol. The van der Waals surface area contributed by atoms with Gasteiger partial charge in [-0.15, -0.1) is 13.2 Å². The third kappa shape index (κ3) is 10.1. The minimum absolute atomic E-state index is 0.0133. The lowest BCUT2D eigenvalue weighted by Gasteiger charge is -2.31. The maximum absolute atomic E-state index is 13.2. The molecule has 0 spiro atoms. The monoisotopic (exact) mass is 484 g/mol. The van der Waals surface area contributed by atoms with Crippen molar-refractivity contribution in [2.24, 2.45) is 5.92 Å². The highest BCUT2D eigenvalue weighted by molar-refractivity contribution is 5.86. The zero-order valence-corrected chi connectivity index (χ0v) is 20.7. The van der Waals surface area contributed by atoms with Gasteiger partial charge in [-0.1, -0.05) is 55.3 Å². The van der Waals surface area contributed by atoms with Crippen LogP contribution in [0.25, 0.3) is 0 Å². The SMILES string of the molecule is C=CCCCC(=O)OCC1(NC(=O)C(CC=C)CC(=O)NC(CO)Cc2ccccc2)CCCC1. The van der Waals surface area contributed by atoms with Crippen LogP contribution in [0.3, 0.4) is 0 Å². The van der Waals surface area contributed by atoms with E-state index in [1.807, 2.05) is 30.3 Å². The van der Waals surface area contributed by atoms with Crippen molar-refractivity contribution in [1.29, 1.82) is 0 Å². The first kappa shape index (κ1) is 28.3. The van der Waals surface area contributed by atoms with Crippen molar-refractivity contribution in [2.75, 3.05) is 13.2 Å². The third-order valence-corrected chi connectivity index (χ3v) is 6.41. The van der Waals surface area contributed by atoms with Gasteiger partial charge in [0.15, 0.2) is 0 Å². The second kappa shape index (κ2) is 15.1. The number of benzene rings is 1. The highest BCUT2D eigenvalue weighted by Gasteiger charge is 2.38. The Kier molecular flexibility index (Phi) is 12.2. The van der Waals surface area contributed by atoms with Crippen LogP contribution in [0.1, 0.15) is 63.4 Å². The molecule has 1 aliphatic rings. The second-order valence-electron chi connectivity index (χ2n) is 9.38. The molecule has 1 aromatic carbocycles. The lowest BCUT2D eigenvalue weighted by atomic mass is 9.94. The molecule has 1 aliphatic carbocycles. The molecule has 0 saturated heterocycles. The molecule has 2 amide bonds. The van der Waals surface area contributed by atoms with E-state index < -0.39 is 17.5 Å². The van der Waals surface area contributed by atoms with Gasteiger partial charge in [0.1, 0.15) is 6.61 Å². The summed E-state index contributed by atoms with van der Waals surface area (Å²) in [5.41, 5.74) is 0.414. The largest absolute Gasteiger partial charge is 0.463 e. The van der Waals surface area contributed by atoms with Gasteiger partial charge in [0.05, 0.1) is 24.1 Å². The molecule has 1 saturated carbocycles. The minimum atomic E-state index is -0.595. The number of ether oxygens (including phenoxy) is 1. The van der Waals surface area contributed by atoms with Crippen LogP contribution in [-0.2, 0) is 25.5 Å². The van der Waals surface area contributed by atoms with Crippen molar-refractivity contribution in [1.82, 2.24) is 10.6 Å². The Morgan fingerprint density at radius 2 is 1.83 bits per heavy atom. The number of carbonyl (C=O) groups is 3. The lowest BCUT2D eigenvalue weighted by Crippen LogP contribution is -2.52. The molecular formula is C28H40N2O5. The summed E-state index contributed by atoms with van der Waals surface area (Å²) >= 11 is 0. The van der Waals surface area contributed by atoms with Gasteiger partial charge in [0.2, 0.25) is 11.8 Å². The number of aliphatic hydroxyl groups is 1. The van der Waals surface area contributed by atoms with Crippen LogP contribution in [0.2, 0.25) is 0 Å². The van der Waals surface area contributed by atoms with Crippen LogP contribution in [0.4, 0.5) is 0 Å². The quantitative estimate of drug-likeness (QED) is 0.189. The number of aliphatic hydroxyl groups excluding tert-OH is 1. The number of nitrogens with one attached hydrogen (secondary N) is 2. The molecule has 0 aromatic heterocycles. The van der Waals surface area contributed by atoms with Gasteiger partial charge < -0.3 is 20.5 Å². The predicted molar refractivity (Wildman–Crippen MR) is 136 cm³/mol. The molecule has 1 fully saturated rings. The Bertz CT molecular complexity index is 833. The maximum Gasteiger partial charge on any atom is 0.305 e. The number of carbonyl (C=O) groups excluding carboxylic acids is 3. The van der Waals surface area contributed by atoms with Crippen molar-refractivity contribution in [2.45, 2.75) is 75.8 Å². The zero-order valence-electron chi connectivity index (χ0n) is 20.7. The average Bonchev–Trinajstić information content (AvgIpc) is 3.31. The molecule has 2 unspecified atom stereocenters. The van der Waals surface area contributed by atoms with E-state index in [-0.39, 0.29) is 37.4 Å². The molecule has 7 heteroatoms. The molecule has 0 heterocycles. The molecule has 192 valence electrons. The van der Waals surface area contributed by atoms with Crippen LogP contribution < -0.4 is 10.6 Å². The van der Waals surface area contributed by atoms with Crippen molar-refractivity contribution < 1.29 is 24.2 Å². The number of rotatable bonds is 16. The van der Waals surface area contributed by atoms with Crippen molar-refractivity contribution in [3.05, 3.63) is 61.2 Å². The molecule has 1 aromatic rings. The zero-order chi connectivity index (χ0) is 25.5. The fourth-order valence-corrected chi connectivity index (χ4v) is 4.46. The summed E-state index contributed by atoms with van der Waals surface area (Å²) in [5.74, 6) is -1.41. The fraction of sp³-hybridized carbons (Fsp3) is 0.536. The highest BCUT2D eigenvalue weighted by Crippen LogP contribution is 2.31. The standard InChI is InChI=1S/C28H40N2O5/c1-3-5-7-15-26(33)35-21-28(16-10-11-17-28)30-27(34)23(12-4-2)19-25(32)29-24(20-31)18-22-13-8-6-9-14-22/h3-4,6,8-9,13-14,23-24,31H,1-2,5,7,10-12,15-21H2,(H,29,32)(H,30,34). The summed E-state index contributed by atoms with van der Waals surface area (Å²) < 4.78 is 5.51. The first-order valence-corrected chi connectivity index (χ1v) is 12.5. The summed E-state index contributed by atoms with van der Waals surface area (Å²) in [6, 6.07) is 9.18. The third-order valence-electron chi connectivity index (χ3n) is 6.41. The lowest BCUT2D eigenvalue weighted by molar-refractivity contribution is -0.147. The van der Waals surface area contributed by atoms with Gasteiger partial charge in [-0.25, -0.2) is 0 Å². The molecule has 3 N–H and O–H groups in total. The van der Waals surface area contributed by atoms with E-state index in [0.29, 0.717) is 25.7 Å². The van der Waals surface area contributed by atoms with E-state index in [9.17, 15) is 19.5 Å². The summed E-state index contributed by atoms with van der Waals surface area (Å²) in [5, 5.41) is 15.7. The number of amides is 2. The van der Waals surface area contributed by atoms with Gasteiger partial charge in [-0.05, 0) is 44.1 Å². The summed E-state index contributed by atoms with van der Waals surface area (Å²) in [4.78, 5) is 38.0. The molecule has 2 rings (SSSR count). The normalized spacial score (nSPS) is 16.0. The van der Waals surface area contributed by atoms with Crippen LogP contribution >= 0.6 is 0 Å². The number of hydrogen-bond acceptors (Lipinski definition) is 5. The minimum Gasteiger partial charge on any atom is -0.463 e. The Hall–Kier alpha value is -2.93. The first-order chi connectivity index (χ1) is 16.9. The van der Waals surface area contributed by atoms with Crippen LogP contribution in [-0.4, -0.2) is 47.7 Å². The number of hydrogen-bond donors (Lipinski definition) is 3. The second-order valence-corrected chi connectivity index (χ2v) is 9.38. The maximum atomic E-state index is 13.2. The molecule has 7 nitrogen and oxygen atoms in total. The molecule has 35 heavy (non-hydrogen) atoms. The van der Waals surface area contributed by atoms with E-state index in [1.54, 1.807) is 12.2 Å². The van der Waals surface area contributed by atoms with E-state index in [4.69, 9.17) is 4.74 Å².